The van der Waals surface area contributed by atoms with Crippen molar-refractivity contribution in [2.45, 2.75) is 0 Å². The third-order valence-electron chi connectivity index (χ3n) is 2.80. The van der Waals surface area contributed by atoms with Crippen LogP contribution < -0.4 is 10.2 Å². The molecule has 7 nitrogen and oxygen atoms in total. The Kier molecular flexibility index (Phi) is 5.22. The van der Waals surface area contributed by atoms with Gasteiger partial charge in [-0.2, -0.15) is 0 Å². The second-order valence-corrected chi connectivity index (χ2v) is 5.19. The van der Waals surface area contributed by atoms with E-state index < -0.39 is 23.7 Å². The van der Waals surface area contributed by atoms with Gasteiger partial charge in [-0.15, -0.1) is 0 Å². The van der Waals surface area contributed by atoms with Crippen LogP contribution in [-0.2, 0) is 0 Å². The first-order valence-electron chi connectivity index (χ1n) is 6.11. The molecule has 0 aliphatic heterocycles. The van der Waals surface area contributed by atoms with Gasteiger partial charge in [-0.3, -0.25) is 10.1 Å². The Morgan fingerprint density at radius 1 is 1.17 bits per heavy atom. The highest BCUT2D eigenvalue weighted by atomic mass is 35.5. The maximum atomic E-state index is 12.1. The summed E-state index contributed by atoms with van der Waals surface area (Å²) in [7, 11) is -1.96. The average molecular weight is 356 g/mol. The van der Waals surface area contributed by atoms with Crippen molar-refractivity contribution in [1.82, 2.24) is 0 Å². The van der Waals surface area contributed by atoms with Gasteiger partial charge in [0.2, 0.25) is 0 Å². The molecule has 118 valence electrons. The van der Waals surface area contributed by atoms with Gasteiger partial charge in [0.1, 0.15) is 5.75 Å². The summed E-state index contributed by atoms with van der Waals surface area (Å²) in [6, 6.07) is 7.40. The lowest BCUT2D eigenvalue weighted by molar-refractivity contribution is -0.384. The Bertz CT molecular complexity index is 763. The molecule has 0 spiro atoms. The zero-order valence-corrected chi connectivity index (χ0v) is 12.8. The van der Waals surface area contributed by atoms with Crippen LogP contribution in [0.2, 0.25) is 10.0 Å². The molecule has 0 saturated carbocycles. The monoisotopic (exact) mass is 355 g/mol. The number of nitro benzene ring substituents is 1. The summed E-state index contributed by atoms with van der Waals surface area (Å²) in [4.78, 5) is 22.2. The van der Waals surface area contributed by atoms with E-state index in [1.165, 1.54) is 18.2 Å². The first-order valence-corrected chi connectivity index (χ1v) is 6.87. The van der Waals surface area contributed by atoms with Crippen LogP contribution >= 0.6 is 23.2 Å². The van der Waals surface area contributed by atoms with E-state index in [0.717, 1.165) is 18.2 Å². The normalized spacial score (nSPS) is 10.3. The van der Waals surface area contributed by atoms with Crippen LogP contribution in [0.15, 0.2) is 36.4 Å². The molecule has 10 heteroatoms. The smallest absolute Gasteiger partial charge is 0.423 e. The molecule has 0 saturated heterocycles. The van der Waals surface area contributed by atoms with Crippen molar-refractivity contribution in [2.75, 3.05) is 0 Å². The molecule has 0 radical (unpaired) electrons. The van der Waals surface area contributed by atoms with Crippen LogP contribution in [0.25, 0.3) is 0 Å². The van der Waals surface area contributed by atoms with Crippen LogP contribution in [0.4, 0.5) is 5.69 Å². The van der Waals surface area contributed by atoms with E-state index in [4.69, 9.17) is 38.0 Å². The lowest BCUT2D eigenvalue weighted by Crippen LogP contribution is -2.30. The van der Waals surface area contributed by atoms with Crippen molar-refractivity contribution < 1.29 is 24.5 Å². The first-order chi connectivity index (χ1) is 10.8. The van der Waals surface area contributed by atoms with E-state index in [9.17, 15) is 14.9 Å². The Balaban J connectivity index is 2.39. The fraction of sp³-hybridized carbons (Fsp3) is 0. The fourth-order valence-corrected chi connectivity index (χ4v) is 2.32. The minimum atomic E-state index is -1.96. The summed E-state index contributed by atoms with van der Waals surface area (Å²) >= 11 is 11.8. The summed E-state index contributed by atoms with van der Waals surface area (Å²) in [5, 5.41) is 29.2. The number of benzene rings is 2. The summed E-state index contributed by atoms with van der Waals surface area (Å²) in [6.45, 7) is 0. The van der Waals surface area contributed by atoms with E-state index in [1.54, 1.807) is 0 Å². The molecule has 0 fully saturated rings. The molecular weight excluding hydrogens is 348 g/mol. The van der Waals surface area contributed by atoms with Crippen molar-refractivity contribution in [2.24, 2.45) is 0 Å². The molecule has 23 heavy (non-hydrogen) atoms. The molecule has 0 unspecified atom stereocenters. The van der Waals surface area contributed by atoms with Gasteiger partial charge >= 0.3 is 13.1 Å². The van der Waals surface area contributed by atoms with Crippen LogP contribution in [-0.4, -0.2) is 28.1 Å². The predicted molar refractivity (Wildman–Crippen MR) is 84.3 cm³/mol. The molecule has 0 bridgehead atoms. The molecule has 0 heterocycles. The topological polar surface area (TPSA) is 110 Å². The van der Waals surface area contributed by atoms with Crippen LogP contribution in [0.1, 0.15) is 10.4 Å². The van der Waals surface area contributed by atoms with Gasteiger partial charge in [-0.1, -0.05) is 29.3 Å². The number of rotatable bonds is 4. The zero-order valence-electron chi connectivity index (χ0n) is 11.3. The molecule has 0 atom stereocenters. The van der Waals surface area contributed by atoms with Crippen LogP contribution in [0, 0.1) is 10.1 Å². The predicted octanol–water partition coefficient (Wildman–Crippen LogP) is 1.80. The number of hydrogen-bond acceptors (Lipinski definition) is 6. The van der Waals surface area contributed by atoms with Gasteiger partial charge in [0.15, 0.2) is 0 Å². The Morgan fingerprint density at radius 2 is 1.78 bits per heavy atom. The number of halogens is 2. The highest BCUT2D eigenvalue weighted by molar-refractivity contribution is 6.58. The molecule has 0 aliphatic carbocycles. The third-order valence-corrected chi connectivity index (χ3v) is 3.43. The van der Waals surface area contributed by atoms with Crippen molar-refractivity contribution in [1.29, 1.82) is 0 Å². The van der Waals surface area contributed by atoms with Crippen molar-refractivity contribution in [3.8, 4) is 5.75 Å². The molecule has 0 aromatic heterocycles. The van der Waals surface area contributed by atoms with Crippen molar-refractivity contribution in [3.05, 3.63) is 62.1 Å². The average Bonchev–Trinajstić information content (AvgIpc) is 2.46. The van der Waals surface area contributed by atoms with Crippen molar-refractivity contribution in [3.63, 3.8) is 0 Å². The van der Waals surface area contributed by atoms with E-state index in [-0.39, 0.29) is 26.8 Å². The number of ether oxygens (including phenoxy) is 1. The maximum Gasteiger partial charge on any atom is 0.488 e. The summed E-state index contributed by atoms with van der Waals surface area (Å²) in [6.07, 6.45) is 0. The van der Waals surface area contributed by atoms with Crippen LogP contribution in [0.3, 0.4) is 0 Å². The standard InChI is InChI=1S/C13H8BCl2NO6/c15-10-2-1-3-11(16)12(10)13(18)23-9-5-7(14(19)20)4-8(6-9)17(21)22/h1-6,19-20H. The number of carbonyl (C=O) groups is 1. The first kappa shape index (κ1) is 17.2. The summed E-state index contributed by atoms with van der Waals surface area (Å²) < 4.78 is 5.01. The largest absolute Gasteiger partial charge is 0.488 e. The summed E-state index contributed by atoms with van der Waals surface area (Å²) in [5.74, 6) is -1.18. The van der Waals surface area contributed by atoms with Gasteiger partial charge in [0.25, 0.3) is 5.69 Å². The SMILES string of the molecule is O=C(Oc1cc(B(O)O)cc([N+](=O)[O-])c1)c1c(Cl)cccc1Cl. The summed E-state index contributed by atoms with van der Waals surface area (Å²) in [5.41, 5.74) is -0.774. The molecule has 2 rings (SSSR count). The van der Waals surface area contributed by atoms with Gasteiger partial charge in [-0.05, 0) is 23.7 Å². The van der Waals surface area contributed by atoms with E-state index in [1.807, 2.05) is 0 Å². The molecule has 2 aromatic rings. The second kappa shape index (κ2) is 6.97. The van der Waals surface area contributed by atoms with E-state index in [0.29, 0.717) is 0 Å². The lowest BCUT2D eigenvalue weighted by atomic mass is 9.80. The molecule has 2 N–H and O–H groups in total. The Labute approximate surface area is 140 Å². The van der Waals surface area contributed by atoms with Gasteiger partial charge in [-0.25, -0.2) is 4.79 Å². The quantitative estimate of drug-likeness (QED) is 0.284. The number of carbonyl (C=O) groups excluding carboxylic acids is 1. The number of nitro groups is 1. The highest BCUT2D eigenvalue weighted by Crippen LogP contribution is 2.26. The minimum absolute atomic E-state index is 0.0512. The number of esters is 1. The van der Waals surface area contributed by atoms with Gasteiger partial charge in [0, 0.05) is 6.07 Å². The zero-order chi connectivity index (χ0) is 17.1. The molecular formula is C13H8BCl2NO6. The Morgan fingerprint density at radius 3 is 2.30 bits per heavy atom. The van der Waals surface area contributed by atoms with E-state index in [2.05, 4.69) is 0 Å². The van der Waals surface area contributed by atoms with Gasteiger partial charge in [0.05, 0.1) is 26.6 Å². The molecule has 2 aromatic carbocycles. The number of nitrogens with zero attached hydrogens (tertiary/aromatic N) is 1. The maximum absolute atomic E-state index is 12.1. The molecule has 0 aliphatic rings. The Hall–Kier alpha value is -2.13. The number of hydrogen-bond donors (Lipinski definition) is 2. The second-order valence-electron chi connectivity index (χ2n) is 4.38. The van der Waals surface area contributed by atoms with Crippen molar-refractivity contribution >= 4 is 47.4 Å². The van der Waals surface area contributed by atoms with E-state index >= 15 is 0 Å². The third kappa shape index (κ3) is 3.99. The molecule has 0 amide bonds. The highest BCUT2D eigenvalue weighted by Gasteiger charge is 2.21. The number of non-ortho nitro benzene ring substituents is 1. The fourth-order valence-electron chi connectivity index (χ4n) is 1.77. The lowest BCUT2D eigenvalue weighted by Gasteiger charge is -2.09. The minimum Gasteiger partial charge on any atom is -0.423 e. The van der Waals surface area contributed by atoms with Crippen LogP contribution in [0.5, 0.6) is 5.75 Å². The van der Waals surface area contributed by atoms with Gasteiger partial charge < -0.3 is 14.8 Å².